The van der Waals surface area contributed by atoms with Crippen LogP contribution in [0.1, 0.15) is 16.7 Å². The molecule has 3 nitrogen and oxygen atoms in total. The Morgan fingerprint density at radius 3 is 2.30 bits per heavy atom. The number of pyridine rings is 1. The molecule has 4 heteroatoms. The first-order valence-electron chi connectivity index (χ1n) is 6.48. The van der Waals surface area contributed by atoms with E-state index >= 15 is 0 Å². The number of rotatable bonds is 5. The lowest BCUT2D eigenvalue weighted by molar-refractivity contribution is 0.116. The van der Waals surface area contributed by atoms with Crippen molar-refractivity contribution in [3.05, 3.63) is 63.9 Å². The van der Waals surface area contributed by atoms with Crippen LogP contribution in [0.25, 0.3) is 0 Å². The molecule has 0 bridgehead atoms. The SMILES string of the molecule is Cc1ccc(C(CO)(CO)Cc2cncc(Br)c2)cc1. The van der Waals surface area contributed by atoms with Gasteiger partial charge < -0.3 is 10.2 Å². The smallest absolute Gasteiger partial charge is 0.0553 e. The van der Waals surface area contributed by atoms with E-state index in [-0.39, 0.29) is 13.2 Å². The zero-order valence-electron chi connectivity index (χ0n) is 11.4. The summed E-state index contributed by atoms with van der Waals surface area (Å²) in [4.78, 5) is 4.13. The maximum atomic E-state index is 9.84. The summed E-state index contributed by atoms with van der Waals surface area (Å²) in [5.74, 6) is 0. The van der Waals surface area contributed by atoms with Crippen molar-refractivity contribution in [2.24, 2.45) is 0 Å². The van der Waals surface area contributed by atoms with E-state index in [0.717, 1.165) is 21.2 Å². The molecule has 0 saturated carbocycles. The van der Waals surface area contributed by atoms with Crippen molar-refractivity contribution in [1.29, 1.82) is 0 Å². The van der Waals surface area contributed by atoms with Crippen LogP contribution in [0.4, 0.5) is 0 Å². The summed E-state index contributed by atoms with van der Waals surface area (Å²) in [6, 6.07) is 9.88. The molecule has 2 rings (SSSR count). The maximum absolute atomic E-state index is 9.84. The monoisotopic (exact) mass is 335 g/mol. The van der Waals surface area contributed by atoms with Gasteiger partial charge in [-0.1, -0.05) is 29.8 Å². The minimum atomic E-state index is -0.684. The van der Waals surface area contributed by atoms with Crippen molar-refractivity contribution in [2.45, 2.75) is 18.8 Å². The number of aromatic nitrogens is 1. The molecule has 0 radical (unpaired) electrons. The Morgan fingerprint density at radius 2 is 1.75 bits per heavy atom. The minimum Gasteiger partial charge on any atom is -0.395 e. The molecular formula is C16H18BrNO2. The highest BCUT2D eigenvalue weighted by molar-refractivity contribution is 9.10. The fourth-order valence-corrected chi connectivity index (χ4v) is 2.71. The first-order chi connectivity index (χ1) is 9.59. The molecule has 2 N–H and O–H groups in total. The van der Waals surface area contributed by atoms with Crippen molar-refractivity contribution < 1.29 is 10.2 Å². The summed E-state index contributed by atoms with van der Waals surface area (Å²) in [6.07, 6.45) is 4.02. The second kappa shape index (κ2) is 6.48. The third-order valence-electron chi connectivity index (χ3n) is 3.57. The van der Waals surface area contributed by atoms with E-state index in [4.69, 9.17) is 0 Å². The van der Waals surface area contributed by atoms with Crippen LogP contribution < -0.4 is 0 Å². The second-order valence-corrected chi connectivity index (χ2v) is 6.07. The van der Waals surface area contributed by atoms with Crippen molar-refractivity contribution >= 4 is 15.9 Å². The number of aliphatic hydroxyl groups excluding tert-OH is 2. The van der Waals surface area contributed by atoms with Crippen LogP contribution in [0.3, 0.4) is 0 Å². The molecule has 0 aliphatic heterocycles. The van der Waals surface area contributed by atoms with E-state index < -0.39 is 5.41 Å². The summed E-state index contributed by atoms with van der Waals surface area (Å²) in [5.41, 5.74) is 2.38. The number of hydrogen-bond acceptors (Lipinski definition) is 3. The van der Waals surface area contributed by atoms with E-state index in [1.54, 1.807) is 12.4 Å². The summed E-state index contributed by atoms with van der Waals surface area (Å²) in [5, 5.41) is 19.7. The van der Waals surface area contributed by atoms with E-state index in [9.17, 15) is 10.2 Å². The molecule has 106 valence electrons. The number of aliphatic hydroxyl groups is 2. The Morgan fingerprint density at radius 1 is 1.10 bits per heavy atom. The fraction of sp³-hybridized carbons (Fsp3) is 0.312. The third-order valence-corrected chi connectivity index (χ3v) is 4.01. The summed E-state index contributed by atoms with van der Waals surface area (Å²) < 4.78 is 0.892. The molecule has 0 unspecified atom stereocenters. The standard InChI is InChI=1S/C16H18BrNO2/c1-12-2-4-14(5-3-12)16(10-19,11-20)7-13-6-15(17)9-18-8-13/h2-6,8-9,19-20H,7,10-11H2,1H3. The molecule has 1 aromatic carbocycles. The molecular weight excluding hydrogens is 318 g/mol. The Balaban J connectivity index is 2.36. The normalized spacial score (nSPS) is 11.6. The van der Waals surface area contributed by atoms with Gasteiger partial charge >= 0.3 is 0 Å². The van der Waals surface area contributed by atoms with Gasteiger partial charge in [0.05, 0.1) is 13.2 Å². The average molecular weight is 336 g/mol. The summed E-state index contributed by atoms with van der Waals surface area (Å²) in [7, 11) is 0. The van der Waals surface area contributed by atoms with E-state index in [1.165, 1.54) is 0 Å². The van der Waals surface area contributed by atoms with Crippen LogP contribution in [-0.4, -0.2) is 28.4 Å². The van der Waals surface area contributed by atoms with Gasteiger partial charge in [0, 0.05) is 22.3 Å². The van der Waals surface area contributed by atoms with E-state index in [1.807, 2.05) is 37.3 Å². The zero-order chi connectivity index (χ0) is 14.6. The van der Waals surface area contributed by atoms with Gasteiger partial charge in [-0.15, -0.1) is 0 Å². The van der Waals surface area contributed by atoms with Crippen molar-refractivity contribution in [3.63, 3.8) is 0 Å². The second-order valence-electron chi connectivity index (χ2n) is 5.15. The zero-order valence-corrected chi connectivity index (χ0v) is 13.0. The molecule has 0 amide bonds. The number of benzene rings is 1. The van der Waals surface area contributed by atoms with Gasteiger partial charge in [-0.05, 0) is 46.5 Å². The first-order valence-corrected chi connectivity index (χ1v) is 7.27. The number of aryl methyl sites for hydroxylation is 1. The highest BCUT2D eigenvalue weighted by atomic mass is 79.9. The molecule has 0 spiro atoms. The van der Waals surface area contributed by atoms with Crippen LogP contribution in [-0.2, 0) is 11.8 Å². The predicted octanol–water partition coefficient (Wildman–Crippen LogP) is 2.62. The van der Waals surface area contributed by atoms with Crippen molar-refractivity contribution in [3.8, 4) is 0 Å². The Bertz CT molecular complexity index is 565. The lowest BCUT2D eigenvalue weighted by Crippen LogP contribution is -2.37. The molecule has 0 saturated heterocycles. The molecule has 0 fully saturated rings. The highest BCUT2D eigenvalue weighted by Crippen LogP contribution is 2.29. The number of nitrogens with zero attached hydrogens (tertiary/aromatic N) is 1. The Hall–Kier alpha value is -1.23. The number of hydrogen-bond donors (Lipinski definition) is 2. The van der Waals surface area contributed by atoms with Crippen LogP contribution in [0, 0.1) is 6.92 Å². The molecule has 1 aromatic heterocycles. The molecule has 0 aliphatic carbocycles. The maximum Gasteiger partial charge on any atom is 0.0553 e. The summed E-state index contributed by atoms with van der Waals surface area (Å²) >= 11 is 3.39. The Labute approximate surface area is 127 Å². The molecule has 2 aromatic rings. The predicted molar refractivity (Wildman–Crippen MR) is 82.7 cm³/mol. The molecule has 1 heterocycles. The van der Waals surface area contributed by atoms with Gasteiger partial charge in [0.15, 0.2) is 0 Å². The van der Waals surface area contributed by atoms with Gasteiger partial charge in [-0.25, -0.2) is 0 Å². The van der Waals surface area contributed by atoms with E-state index in [0.29, 0.717) is 6.42 Å². The van der Waals surface area contributed by atoms with Gasteiger partial charge in [0.25, 0.3) is 0 Å². The topological polar surface area (TPSA) is 53.4 Å². The lowest BCUT2D eigenvalue weighted by atomic mass is 9.77. The molecule has 20 heavy (non-hydrogen) atoms. The minimum absolute atomic E-state index is 0.112. The van der Waals surface area contributed by atoms with Crippen molar-refractivity contribution in [1.82, 2.24) is 4.98 Å². The third kappa shape index (κ3) is 3.26. The Kier molecular flexibility index (Phi) is 4.91. The van der Waals surface area contributed by atoms with Gasteiger partial charge in [-0.2, -0.15) is 0 Å². The average Bonchev–Trinajstić information content (AvgIpc) is 2.46. The largest absolute Gasteiger partial charge is 0.395 e. The summed E-state index contributed by atoms with van der Waals surface area (Å²) in [6.45, 7) is 1.79. The van der Waals surface area contributed by atoms with Crippen LogP contribution >= 0.6 is 15.9 Å². The molecule has 0 atom stereocenters. The van der Waals surface area contributed by atoms with Crippen LogP contribution in [0.15, 0.2) is 47.2 Å². The lowest BCUT2D eigenvalue weighted by Gasteiger charge is -2.30. The molecule has 0 aliphatic rings. The quantitative estimate of drug-likeness (QED) is 0.883. The number of halogens is 1. The fourth-order valence-electron chi connectivity index (χ4n) is 2.30. The van der Waals surface area contributed by atoms with Crippen LogP contribution in [0.5, 0.6) is 0 Å². The van der Waals surface area contributed by atoms with Gasteiger partial charge in [-0.3, -0.25) is 4.98 Å². The van der Waals surface area contributed by atoms with Gasteiger partial charge in [0.2, 0.25) is 0 Å². The van der Waals surface area contributed by atoms with E-state index in [2.05, 4.69) is 20.9 Å². The first kappa shape index (κ1) is 15.2. The van der Waals surface area contributed by atoms with Crippen molar-refractivity contribution in [2.75, 3.05) is 13.2 Å². The van der Waals surface area contributed by atoms with Crippen LogP contribution in [0.2, 0.25) is 0 Å². The highest BCUT2D eigenvalue weighted by Gasteiger charge is 2.31. The van der Waals surface area contributed by atoms with Gasteiger partial charge in [0.1, 0.15) is 0 Å².